The summed E-state index contributed by atoms with van der Waals surface area (Å²) < 4.78 is 72.2. The molecule has 0 saturated heterocycles. The molecule has 4 rings (SSSR count). The van der Waals surface area contributed by atoms with Gasteiger partial charge in [0, 0.05) is 24.5 Å². The summed E-state index contributed by atoms with van der Waals surface area (Å²) in [5, 5.41) is 12.7. The first-order chi connectivity index (χ1) is 19.3. The van der Waals surface area contributed by atoms with Crippen LogP contribution >= 0.6 is 23.2 Å². The first-order valence-electron chi connectivity index (χ1n) is 12.2. The molecule has 2 aromatic heterocycles. The highest BCUT2D eigenvalue weighted by Crippen LogP contribution is 2.39. The van der Waals surface area contributed by atoms with Gasteiger partial charge in [0.25, 0.3) is 5.91 Å². The number of carbonyl (C=O) groups is 3. The molecule has 1 fully saturated rings. The second kappa shape index (κ2) is 12.1. The molecule has 0 spiro atoms. The number of alkyl halides is 3. The molecule has 1 aliphatic rings. The second-order valence-corrected chi connectivity index (χ2v) is 10.3. The number of carbonyl (C=O) groups excluding carboxylic acids is 2. The van der Waals surface area contributed by atoms with Crippen LogP contribution in [0.25, 0.3) is 0 Å². The van der Waals surface area contributed by atoms with Crippen LogP contribution in [-0.2, 0) is 17.5 Å². The van der Waals surface area contributed by atoms with Gasteiger partial charge in [0.05, 0.1) is 45.9 Å². The van der Waals surface area contributed by atoms with Crippen LogP contribution < -0.4 is 0 Å². The molecule has 1 aromatic carbocycles. The normalized spacial score (nSPS) is 17.3. The van der Waals surface area contributed by atoms with E-state index in [0.29, 0.717) is 15.8 Å². The van der Waals surface area contributed by atoms with E-state index in [0.717, 1.165) is 30.6 Å². The first-order valence-corrected chi connectivity index (χ1v) is 13.0. The molecule has 8 nitrogen and oxygen atoms in total. The lowest BCUT2D eigenvalue weighted by molar-refractivity contribution is -0.147. The summed E-state index contributed by atoms with van der Waals surface area (Å²) in [6.07, 6.45) is -1.80. The summed E-state index contributed by atoms with van der Waals surface area (Å²) in [5.41, 5.74) is -2.98. The van der Waals surface area contributed by atoms with Gasteiger partial charge in [0.1, 0.15) is 0 Å². The third-order valence-electron chi connectivity index (χ3n) is 6.83. The molecule has 1 saturated carbocycles. The maximum atomic E-state index is 14.5. The lowest BCUT2D eigenvalue weighted by atomic mass is 9.86. The van der Waals surface area contributed by atoms with E-state index >= 15 is 0 Å². The lowest BCUT2D eigenvalue weighted by Gasteiger charge is -2.28. The quantitative estimate of drug-likeness (QED) is 0.237. The summed E-state index contributed by atoms with van der Waals surface area (Å²) >= 11 is 12.1. The minimum absolute atomic E-state index is 0.0745. The Hall–Kier alpha value is -3.58. The van der Waals surface area contributed by atoms with Crippen LogP contribution in [0, 0.1) is 17.6 Å². The number of carboxylic acids is 1. The number of hydrogen-bond acceptors (Lipinski definition) is 5. The molecule has 1 amide bonds. The van der Waals surface area contributed by atoms with E-state index in [2.05, 4.69) is 10.1 Å². The first kappa shape index (κ1) is 30.4. The van der Waals surface area contributed by atoms with E-state index in [-0.39, 0.29) is 41.3 Å². The average molecular weight is 619 g/mol. The number of pyridine rings is 1. The van der Waals surface area contributed by atoms with Gasteiger partial charge in [-0.05, 0) is 31.7 Å². The summed E-state index contributed by atoms with van der Waals surface area (Å²) in [7, 11) is 0. The molecule has 1 N–H and O–H groups in total. The number of aliphatic carboxylic acids is 1. The van der Waals surface area contributed by atoms with Gasteiger partial charge in [-0.25, -0.2) is 8.78 Å². The third kappa shape index (κ3) is 6.51. The molecule has 41 heavy (non-hydrogen) atoms. The largest absolute Gasteiger partial charge is 0.481 e. The van der Waals surface area contributed by atoms with Crippen molar-refractivity contribution in [3.05, 3.63) is 80.9 Å². The predicted octanol–water partition coefficient (Wildman–Crippen LogP) is 6.22. The number of nitrogens with zero attached hydrogens (tertiary/aromatic N) is 4. The van der Waals surface area contributed by atoms with E-state index in [1.807, 2.05) is 0 Å². The maximum absolute atomic E-state index is 14.5. The zero-order valence-electron chi connectivity index (χ0n) is 21.0. The zero-order chi connectivity index (χ0) is 30.1. The number of rotatable bonds is 8. The molecule has 1 aliphatic carbocycles. The molecule has 0 unspecified atom stereocenters. The summed E-state index contributed by atoms with van der Waals surface area (Å²) in [6, 6.07) is 2.23. The monoisotopic (exact) mass is 618 g/mol. The summed E-state index contributed by atoms with van der Waals surface area (Å²) in [4.78, 5) is 42.4. The van der Waals surface area contributed by atoms with Crippen molar-refractivity contribution in [1.29, 1.82) is 0 Å². The van der Waals surface area contributed by atoms with Crippen molar-refractivity contribution in [2.24, 2.45) is 5.92 Å². The van der Waals surface area contributed by atoms with Gasteiger partial charge in [-0.15, -0.1) is 0 Å². The van der Waals surface area contributed by atoms with E-state index in [1.54, 1.807) is 0 Å². The Morgan fingerprint density at radius 2 is 1.66 bits per heavy atom. The SMILES string of the molecule is O=C(CN(Cc1cccc(F)c1F)C(=O)c1cnn(C2CCC(C(=O)O)CC2)c1C(F)(F)F)c1c(Cl)cncc1Cl. The molecular weight excluding hydrogens is 598 g/mol. The molecule has 0 radical (unpaired) electrons. The third-order valence-corrected chi connectivity index (χ3v) is 7.41. The zero-order valence-corrected chi connectivity index (χ0v) is 22.5. The van der Waals surface area contributed by atoms with Crippen molar-refractivity contribution < 1.29 is 41.4 Å². The number of carboxylic acid groups (broad SMARTS) is 1. The summed E-state index contributed by atoms with van der Waals surface area (Å²) in [6.45, 7) is -1.68. The number of ketones is 1. The molecule has 0 atom stereocenters. The van der Waals surface area contributed by atoms with Crippen LogP contribution in [0.4, 0.5) is 22.0 Å². The number of benzene rings is 1. The van der Waals surface area contributed by atoms with Gasteiger partial charge in [0.15, 0.2) is 23.1 Å². The van der Waals surface area contributed by atoms with Crippen molar-refractivity contribution in [1.82, 2.24) is 19.7 Å². The van der Waals surface area contributed by atoms with Gasteiger partial charge in [-0.3, -0.25) is 24.0 Å². The van der Waals surface area contributed by atoms with Crippen LogP contribution in [0.3, 0.4) is 0 Å². The fourth-order valence-corrected chi connectivity index (χ4v) is 5.40. The fraction of sp³-hybridized carbons (Fsp3) is 0.346. The van der Waals surface area contributed by atoms with Crippen molar-refractivity contribution in [3.8, 4) is 0 Å². The Balaban J connectivity index is 1.73. The predicted molar refractivity (Wildman–Crippen MR) is 136 cm³/mol. The van der Waals surface area contributed by atoms with E-state index in [1.165, 1.54) is 0 Å². The molecule has 0 bridgehead atoms. The highest BCUT2D eigenvalue weighted by molar-refractivity contribution is 6.39. The number of aromatic nitrogens is 3. The Morgan fingerprint density at radius 3 is 2.24 bits per heavy atom. The van der Waals surface area contributed by atoms with Gasteiger partial charge in [0.2, 0.25) is 0 Å². The highest BCUT2D eigenvalue weighted by Gasteiger charge is 2.43. The van der Waals surface area contributed by atoms with Crippen molar-refractivity contribution in [2.45, 2.75) is 44.4 Å². The molecule has 2 heterocycles. The smallest absolute Gasteiger partial charge is 0.433 e. The van der Waals surface area contributed by atoms with Crippen molar-refractivity contribution >= 4 is 40.9 Å². The number of amides is 1. The highest BCUT2D eigenvalue weighted by atomic mass is 35.5. The van der Waals surface area contributed by atoms with Crippen LogP contribution in [0.1, 0.15) is 63.7 Å². The average Bonchev–Trinajstić information content (AvgIpc) is 3.36. The standard InChI is InChI=1S/C26H21Cl2F5N4O4/c27-17-9-34-10-18(28)21(17)20(38)12-36(11-14-2-1-3-19(29)22(14)30)24(39)16-8-35-37(23(16)26(31,32)33)15-6-4-13(5-7-15)25(40)41/h1-3,8-10,13,15H,4-7,11-12H2,(H,40,41). The lowest BCUT2D eigenvalue weighted by Crippen LogP contribution is -2.37. The minimum Gasteiger partial charge on any atom is -0.481 e. The number of halogens is 7. The Bertz CT molecular complexity index is 1470. The van der Waals surface area contributed by atoms with Gasteiger partial charge in [-0.2, -0.15) is 18.3 Å². The van der Waals surface area contributed by atoms with E-state index < -0.39 is 77.3 Å². The molecular formula is C26H21Cl2F5N4O4. The summed E-state index contributed by atoms with van der Waals surface area (Å²) in [5.74, 6) is -6.58. The van der Waals surface area contributed by atoms with Gasteiger partial charge in [-0.1, -0.05) is 35.3 Å². The van der Waals surface area contributed by atoms with Crippen LogP contribution in [0.5, 0.6) is 0 Å². The van der Waals surface area contributed by atoms with Gasteiger partial charge < -0.3 is 10.0 Å². The molecule has 15 heteroatoms. The molecule has 218 valence electrons. The Morgan fingerprint density at radius 1 is 1.02 bits per heavy atom. The minimum atomic E-state index is -5.08. The van der Waals surface area contributed by atoms with Crippen molar-refractivity contribution in [2.75, 3.05) is 6.54 Å². The van der Waals surface area contributed by atoms with E-state index in [4.69, 9.17) is 23.2 Å². The Labute approximate surface area is 239 Å². The molecule has 3 aromatic rings. The number of Topliss-reactive ketones (excluding diaryl/α,β-unsaturated/α-hetero) is 1. The van der Waals surface area contributed by atoms with E-state index in [9.17, 15) is 41.4 Å². The van der Waals surface area contributed by atoms with Crippen molar-refractivity contribution in [3.63, 3.8) is 0 Å². The van der Waals surface area contributed by atoms with Gasteiger partial charge >= 0.3 is 12.1 Å². The maximum Gasteiger partial charge on any atom is 0.433 e. The fourth-order valence-electron chi connectivity index (χ4n) is 4.82. The second-order valence-electron chi connectivity index (χ2n) is 9.47. The van der Waals surface area contributed by atoms with Crippen LogP contribution in [0.15, 0.2) is 36.8 Å². The molecule has 0 aliphatic heterocycles. The Kier molecular flexibility index (Phi) is 8.97. The topological polar surface area (TPSA) is 105 Å². The van der Waals surface area contributed by atoms with Crippen LogP contribution in [-0.4, -0.2) is 49.0 Å². The number of hydrogen-bond donors (Lipinski definition) is 1. The van der Waals surface area contributed by atoms with Crippen LogP contribution in [0.2, 0.25) is 10.0 Å².